The molecule has 0 saturated carbocycles. The number of nitrogens with one attached hydrogen (secondary N) is 1. The summed E-state index contributed by atoms with van der Waals surface area (Å²) >= 11 is 0. The maximum absolute atomic E-state index is 13.3. The van der Waals surface area contributed by atoms with Crippen LogP contribution in [0.2, 0.25) is 0 Å². The number of halogens is 1. The third-order valence-electron chi connectivity index (χ3n) is 2.32. The molecule has 0 radical (unpaired) electrons. The minimum Gasteiger partial charge on any atom is -0.384 e. The van der Waals surface area contributed by atoms with Gasteiger partial charge in [-0.15, -0.1) is 0 Å². The van der Waals surface area contributed by atoms with E-state index < -0.39 is 5.95 Å². The largest absolute Gasteiger partial charge is 0.384 e. The highest BCUT2D eigenvalue weighted by atomic mass is 19.1. The van der Waals surface area contributed by atoms with Crippen molar-refractivity contribution in [3.05, 3.63) is 23.6 Å². The summed E-state index contributed by atoms with van der Waals surface area (Å²) in [5, 5.41) is 2.65. The van der Waals surface area contributed by atoms with Crippen LogP contribution in [0.25, 0.3) is 0 Å². The average Bonchev–Trinajstić information content (AvgIpc) is 2.51. The molecule has 0 bridgehead atoms. The maximum atomic E-state index is 13.3. The summed E-state index contributed by atoms with van der Waals surface area (Å²) in [7, 11) is 0. The van der Waals surface area contributed by atoms with Gasteiger partial charge in [0.1, 0.15) is 5.82 Å². The molecule has 1 fully saturated rings. The van der Waals surface area contributed by atoms with E-state index in [1.807, 2.05) is 0 Å². The highest BCUT2D eigenvalue weighted by Crippen LogP contribution is 2.24. The predicted molar refractivity (Wildman–Crippen MR) is 49.0 cm³/mol. The van der Waals surface area contributed by atoms with Crippen molar-refractivity contribution < 1.29 is 9.18 Å². The number of carbonyl (C=O) groups is 1. The van der Waals surface area contributed by atoms with Crippen molar-refractivity contribution in [1.29, 1.82) is 0 Å². The highest BCUT2D eigenvalue weighted by Gasteiger charge is 2.25. The molecule has 14 heavy (non-hydrogen) atoms. The Hall–Kier alpha value is -1.65. The molecule has 3 N–H and O–H groups in total. The fourth-order valence-corrected chi connectivity index (χ4v) is 1.59. The Morgan fingerprint density at radius 3 is 2.93 bits per heavy atom. The number of nitrogens with two attached hydrogens (primary N) is 1. The Morgan fingerprint density at radius 1 is 1.57 bits per heavy atom. The van der Waals surface area contributed by atoms with E-state index in [1.165, 1.54) is 0 Å². The second-order valence-corrected chi connectivity index (χ2v) is 3.32. The zero-order chi connectivity index (χ0) is 10.1. The summed E-state index contributed by atoms with van der Waals surface area (Å²) < 4.78 is 13.3. The van der Waals surface area contributed by atoms with E-state index in [9.17, 15) is 9.18 Å². The number of aromatic nitrogens is 1. The lowest BCUT2D eigenvalue weighted by molar-refractivity contribution is -0.119. The monoisotopic (exact) mass is 195 g/mol. The number of hydrogen-bond donors (Lipinski definition) is 2. The van der Waals surface area contributed by atoms with Crippen molar-refractivity contribution in [3.63, 3.8) is 0 Å². The fourth-order valence-electron chi connectivity index (χ4n) is 1.59. The second kappa shape index (κ2) is 3.25. The molecule has 1 saturated heterocycles. The number of carbonyl (C=O) groups excluding carboxylic acids is 1. The first-order valence-electron chi connectivity index (χ1n) is 4.35. The summed E-state index contributed by atoms with van der Waals surface area (Å²) in [5.41, 5.74) is 5.78. The van der Waals surface area contributed by atoms with Crippen LogP contribution in [0.3, 0.4) is 0 Å². The van der Waals surface area contributed by atoms with Gasteiger partial charge in [0.05, 0.1) is 0 Å². The van der Waals surface area contributed by atoms with Crippen LogP contribution in [0, 0.1) is 5.95 Å². The SMILES string of the molecule is Nc1ccc([C@H]2CNC(=O)C2)c(F)n1. The molecule has 1 amide bonds. The molecule has 2 rings (SSSR count). The second-order valence-electron chi connectivity index (χ2n) is 3.32. The van der Waals surface area contributed by atoms with Crippen molar-refractivity contribution in [2.45, 2.75) is 12.3 Å². The van der Waals surface area contributed by atoms with E-state index in [-0.39, 0.29) is 17.6 Å². The van der Waals surface area contributed by atoms with Crippen LogP contribution >= 0.6 is 0 Å². The molecule has 2 heterocycles. The molecule has 1 aliphatic rings. The number of anilines is 1. The molecule has 1 aromatic heterocycles. The molecular weight excluding hydrogens is 185 g/mol. The van der Waals surface area contributed by atoms with Gasteiger partial charge >= 0.3 is 0 Å². The third-order valence-corrected chi connectivity index (χ3v) is 2.32. The van der Waals surface area contributed by atoms with Crippen LogP contribution in [-0.4, -0.2) is 17.4 Å². The summed E-state index contributed by atoms with van der Waals surface area (Å²) in [6, 6.07) is 3.13. The molecular formula is C9H10FN3O. The van der Waals surface area contributed by atoms with Gasteiger partial charge in [0.2, 0.25) is 11.9 Å². The van der Waals surface area contributed by atoms with Gasteiger partial charge in [0.15, 0.2) is 0 Å². The summed E-state index contributed by atoms with van der Waals surface area (Å²) in [4.78, 5) is 14.4. The average molecular weight is 195 g/mol. The van der Waals surface area contributed by atoms with E-state index in [2.05, 4.69) is 10.3 Å². The zero-order valence-electron chi connectivity index (χ0n) is 7.46. The first kappa shape index (κ1) is 8.93. The molecule has 0 aliphatic carbocycles. The van der Waals surface area contributed by atoms with E-state index >= 15 is 0 Å². The van der Waals surface area contributed by atoms with Gasteiger partial charge < -0.3 is 11.1 Å². The minimum atomic E-state index is -0.577. The third kappa shape index (κ3) is 1.53. The molecule has 1 aromatic rings. The first-order valence-corrected chi connectivity index (χ1v) is 4.35. The number of hydrogen-bond acceptors (Lipinski definition) is 3. The lowest BCUT2D eigenvalue weighted by Gasteiger charge is -2.07. The van der Waals surface area contributed by atoms with Crippen molar-refractivity contribution >= 4 is 11.7 Å². The van der Waals surface area contributed by atoms with E-state index in [0.717, 1.165) is 0 Å². The Morgan fingerprint density at radius 2 is 2.36 bits per heavy atom. The first-order chi connectivity index (χ1) is 6.66. The van der Waals surface area contributed by atoms with Crippen LogP contribution in [0.4, 0.5) is 10.2 Å². The van der Waals surface area contributed by atoms with E-state index in [0.29, 0.717) is 18.5 Å². The van der Waals surface area contributed by atoms with Crippen molar-refractivity contribution in [2.24, 2.45) is 0 Å². The summed E-state index contributed by atoms with van der Waals surface area (Å²) in [6.45, 7) is 0.474. The molecule has 0 spiro atoms. The Balaban J connectivity index is 2.28. The van der Waals surface area contributed by atoms with E-state index in [1.54, 1.807) is 12.1 Å². The van der Waals surface area contributed by atoms with Gasteiger partial charge in [-0.3, -0.25) is 4.79 Å². The predicted octanol–water partition coefficient (Wildman–Crippen LogP) is 0.406. The van der Waals surface area contributed by atoms with Crippen molar-refractivity contribution in [1.82, 2.24) is 10.3 Å². The summed E-state index contributed by atoms with van der Waals surface area (Å²) in [5.74, 6) is -0.586. The lowest BCUT2D eigenvalue weighted by atomic mass is 10.00. The number of nitrogens with zero attached hydrogens (tertiary/aromatic N) is 1. The van der Waals surface area contributed by atoms with Crippen LogP contribution in [-0.2, 0) is 4.79 Å². The Kier molecular flexibility index (Phi) is 2.07. The topological polar surface area (TPSA) is 68.0 Å². The molecule has 0 unspecified atom stereocenters. The van der Waals surface area contributed by atoms with Gasteiger partial charge in [0.25, 0.3) is 0 Å². The van der Waals surface area contributed by atoms with Crippen LogP contribution in [0.1, 0.15) is 17.9 Å². The quantitative estimate of drug-likeness (QED) is 0.637. The minimum absolute atomic E-state index is 0.0498. The molecule has 1 atom stereocenters. The number of rotatable bonds is 1. The number of nitrogen functional groups attached to an aromatic ring is 1. The Labute approximate surface area is 80.3 Å². The number of amides is 1. The fraction of sp³-hybridized carbons (Fsp3) is 0.333. The Bertz CT molecular complexity index is 380. The van der Waals surface area contributed by atoms with Crippen molar-refractivity contribution in [3.8, 4) is 0 Å². The van der Waals surface area contributed by atoms with Crippen LogP contribution < -0.4 is 11.1 Å². The molecule has 1 aliphatic heterocycles. The van der Waals surface area contributed by atoms with Gasteiger partial charge in [-0.1, -0.05) is 6.07 Å². The summed E-state index contributed by atoms with van der Waals surface area (Å²) in [6.07, 6.45) is 0.322. The smallest absolute Gasteiger partial charge is 0.220 e. The lowest BCUT2D eigenvalue weighted by Crippen LogP contribution is -2.14. The maximum Gasteiger partial charge on any atom is 0.220 e. The van der Waals surface area contributed by atoms with E-state index in [4.69, 9.17) is 5.73 Å². The van der Waals surface area contributed by atoms with Gasteiger partial charge in [-0.2, -0.15) is 4.39 Å². The zero-order valence-corrected chi connectivity index (χ0v) is 7.46. The van der Waals surface area contributed by atoms with Crippen LogP contribution in [0.5, 0.6) is 0 Å². The molecule has 74 valence electrons. The number of pyridine rings is 1. The molecule has 0 aromatic carbocycles. The van der Waals surface area contributed by atoms with Gasteiger partial charge in [-0.05, 0) is 6.07 Å². The highest BCUT2D eigenvalue weighted by molar-refractivity contribution is 5.79. The van der Waals surface area contributed by atoms with Crippen molar-refractivity contribution in [2.75, 3.05) is 12.3 Å². The van der Waals surface area contributed by atoms with Gasteiger partial charge in [-0.25, -0.2) is 4.98 Å². The molecule has 4 nitrogen and oxygen atoms in total. The molecule has 5 heteroatoms. The van der Waals surface area contributed by atoms with Gasteiger partial charge in [0, 0.05) is 24.4 Å². The van der Waals surface area contributed by atoms with Crippen LogP contribution in [0.15, 0.2) is 12.1 Å². The normalized spacial score (nSPS) is 20.9. The standard InChI is InChI=1S/C9H10FN3O/c10-9-6(1-2-7(11)13-9)5-3-8(14)12-4-5/h1-2,5H,3-4H2,(H2,11,13)(H,12,14)/t5-/m1/s1.